The van der Waals surface area contributed by atoms with Crippen LogP contribution in [-0.4, -0.2) is 56.6 Å². The quantitative estimate of drug-likeness (QED) is 0.757. The lowest BCUT2D eigenvalue weighted by atomic mass is 10.1. The highest BCUT2D eigenvalue weighted by molar-refractivity contribution is 5.98. The minimum absolute atomic E-state index is 0.0193. The summed E-state index contributed by atoms with van der Waals surface area (Å²) in [6.07, 6.45) is 1.32. The first kappa shape index (κ1) is 20.2. The molecule has 0 aromatic heterocycles. The molecular weight excluding hydrogens is 330 g/mol. The molecular formula is C20H31N3O3. The van der Waals surface area contributed by atoms with Crippen LogP contribution in [0.5, 0.6) is 0 Å². The molecule has 6 heteroatoms. The molecule has 144 valence electrons. The number of anilines is 2. The molecule has 1 amide bonds. The average molecular weight is 361 g/mol. The first-order valence-electron chi connectivity index (χ1n) is 9.44. The molecule has 1 aliphatic rings. The summed E-state index contributed by atoms with van der Waals surface area (Å²) in [5, 5.41) is 3.01. The number of hydrogen-bond donors (Lipinski definition) is 1. The standard InChI is InChI=1S/C20H31N3O3/c1-5-22-10-12-23(13-11-22)18-8-7-16(20(25)26-4)14-17(18)21-19(24)9-6-15(2)3/h7-8,14-15H,5-6,9-13H2,1-4H3,(H,21,24). The van der Waals surface area contributed by atoms with Crippen molar-refractivity contribution < 1.29 is 14.3 Å². The van der Waals surface area contributed by atoms with E-state index in [9.17, 15) is 9.59 Å². The Morgan fingerprint density at radius 3 is 2.46 bits per heavy atom. The van der Waals surface area contributed by atoms with Crippen LogP contribution < -0.4 is 10.2 Å². The smallest absolute Gasteiger partial charge is 0.337 e. The molecule has 26 heavy (non-hydrogen) atoms. The number of nitrogens with one attached hydrogen (secondary N) is 1. The summed E-state index contributed by atoms with van der Waals surface area (Å²) < 4.78 is 4.82. The average Bonchev–Trinajstić information content (AvgIpc) is 2.65. The van der Waals surface area contributed by atoms with Gasteiger partial charge < -0.3 is 19.9 Å². The second-order valence-corrected chi connectivity index (χ2v) is 7.13. The van der Waals surface area contributed by atoms with Gasteiger partial charge in [-0.1, -0.05) is 20.8 Å². The van der Waals surface area contributed by atoms with E-state index in [-0.39, 0.29) is 5.91 Å². The highest BCUT2D eigenvalue weighted by Gasteiger charge is 2.20. The van der Waals surface area contributed by atoms with Gasteiger partial charge >= 0.3 is 5.97 Å². The third-order valence-electron chi connectivity index (χ3n) is 4.80. The Bertz CT molecular complexity index is 623. The largest absolute Gasteiger partial charge is 0.465 e. The van der Waals surface area contributed by atoms with E-state index in [1.807, 2.05) is 6.07 Å². The molecule has 0 aliphatic carbocycles. The third kappa shape index (κ3) is 5.46. The van der Waals surface area contributed by atoms with Crippen molar-refractivity contribution >= 4 is 23.3 Å². The SMILES string of the molecule is CCN1CCN(c2ccc(C(=O)OC)cc2NC(=O)CCC(C)C)CC1. The van der Waals surface area contributed by atoms with Crippen molar-refractivity contribution in [3.05, 3.63) is 23.8 Å². The highest BCUT2D eigenvalue weighted by Crippen LogP contribution is 2.29. The zero-order chi connectivity index (χ0) is 19.1. The minimum Gasteiger partial charge on any atom is -0.465 e. The summed E-state index contributed by atoms with van der Waals surface area (Å²) >= 11 is 0. The molecule has 1 aromatic carbocycles. The van der Waals surface area contributed by atoms with Gasteiger partial charge in [0.2, 0.25) is 5.91 Å². The molecule has 1 fully saturated rings. The Hall–Kier alpha value is -2.08. The van der Waals surface area contributed by atoms with Gasteiger partial charge in [-0.05, 0) is 37.1 Å². The zero-order valence-corrected chi connectivity index (χ0v) is 16.4. The number of methoxy groups -OCH3 is 1. The minimum atomic E-state index is -0.398. The predicted octanol–water partition coefficient (Wildman–Crippen LogP) is 2.99. The van der Waals surface area contributed by atoms with Gasteiger partial charge in [0.1, 0.15) is 0 Å². The van der Waals surface area contributed by atoms with Gasteiger partial charge in [0.25, 0.3) is 0 Å². The summed E-state index contributed by atoms with van der Waals surface area (Å²) in [6, 6.07) is 5.39. The number of amides is 1. The van der Waals surface area contributed by atoms with Crippen LogP contribution in [0.4, 0.5) is 11.4 Å². The fraction of sp³-hybridized carbons (Fsp3) is 0.600. The van der Waals surface area contributed by atoms with Gasteiger partial charge in [-0.15, -0.1) is 0 Å². The first-order valence-corrected chi connectivity index (χ1v) is 9.44. The van der Waals surface area contributed by atoms with E-state index in [2.05, 4.69) is 35.9 Å². The van der Waals surface area contributed by atoms with Gasteiger partial charge in [0.05, 0.1) is 24.0 Å². The number of nitrogens with zero attached hydrogens (tertiary/aromatic N) is 2. The zero-order valence-electron chi connectivity index (χ0n) is 16.4. The Labute approximate surface area is 156 Å². The van der Waals surface area contributed by atoms with Crippen LogP contribution >= 0.6 is 0 Å². The van der Waals surface area contributed by atoms with Crippen LogP contribution in [0.2, 0.25) is 0 Å². The lowest BCUT2D eigenvalue weighted by Gasteiger charge is -2.36. The molecule has 0 saturated carbocycles. The fourth-order valence-corrected chi connectivity index (χ4v) is 3.09. The number of carbonyl (C=O) groups is 2. The van der Waals surface area contributed by atoms with E-state index < -0.39 is 5.97 Å². The van der Waals surface area contributed by atoms with Crippen LogP contribution in [0.3, 0.4) is 0 Å². The number of likely N-dealkylation sites (N-methyl/N-ethyl adjacent to an activating group) is 1. The third-order valence-corrected chi connectivity index (χ3v) is 4.80. The topological polar surface area (TPSA) is 61.9 Å². The second kappa shape index (κ2) is 9.57. The van der Waals surface area contributed by atoms with E-state index in [1.54, 1.807) is 12.1 Å². The molecule has 0 spiro atoms. The lowest BCUT2D eigenvalue weighted by Crippen LogP contribution is -2.46. The Morgan fingerprint density at radius 2 is 1.88 bits per heavy atom. The number of ether oxygens (including phenoxy) is 1. The van der Waals surface area contributed by atoms with E-state index in [4.69, 9.17) is 4.74 Å². The van der Waals surface area contributed by atoms with Crippen molar-refractivity contribution in [2.75, 3.05) is 50.1 Å². The van der Waals surface area contributed by atoms with E-state index in [1.165, 1.54) is 7.11 Å². The molecule has 1 N–H and O–H groups in total. The van der Waals surface area contributed by atoms with Gasteiger partial charge in [-0.25, -0.2) is 4.79 Å². The van der Waals surface area contributed by atoms with Gasteiger partial charge in [-0.2, -0.15) is 0 Å². The lowest BCUT2D eigenvalue weighted by molar-refractivity contribution is -0.116. The normalized spacial score (nSPS) is 15.2. The molecule has 1 aromatic rings. The first-order chi connectivity index (χ1) is 12.4. The highest BCUT2D eigenvalue weighted by atomic mass is 16.5. The molecule has 0 atom stereocenters. The van der Waals surface area contributed by atoms with Crippen LogP contribution in [0, 0.1) is 5.92 Å². The van der Waals surface area contributed by atoms with Crippen LogP contribution in [0.15, 0.2) is 18.2 Å². The maximum absolute atomic E-state index is 12.3. The summed E-state index contributed by atoms with van der Waals surface area (Å²) in [5.74, 6) is 0.0583. The number of esters is 1. The summed E-state index contributed by atoms with van der Waals surface area (Å²) in [5.41, 5.74) is 2.10. The predicted molar refractivity (Wildman–Crippen MR) is 105 cm³/mol. The molecule has 2 rings (SSSR count). The van der Waals surface area contributed by atoms with Crippen molar-refractivity contribution in [3.63, 3.8) is 0 Å². The van der Waals surface area contributed by atoms with Crippen molar-refractivity contribution in [3.8, 4) is 0 Å². The molecule has 1 saturated heterocycles. The van der Waals surface area contributed by atoms with E-state index in [0.717, 1.165) is 44.8 Å². The molecule has 1 aliphatic heterocycles. The van der Waals surface area contributed by atoms with Gasteiger partial charge in [0.15, 0.2) is 0 Å². The Morgan fingerprint density at radius 1 is 1.19 bits per heavy atom. The molecule has 0 radical (unpaired) electrons. The van der Waals surface area contributed by atoms with Gasteiger partial charge in [-0.3, -0.25) is 4.79 Å². The number of hydrogen-bond acceptors (Lipinski definition) is 5. The van der Waals surface area contributed by atoms with E-state index >= 15 is 0 Å². The number of piperazine rings is 1. The van der Waals surface area contributed by atoms with Crippen LogP contribution in [-0.2, 0) is 9.53 Å². The molecule has 6 nitrogen and oxygen atoms in total. The fourth-order valence-electron chi connectivity index (χ4n) is 3.09. The van der Waals surface area contributed by atoms with E-state index in [0.29, 0.717) is 23.6 Å². The summed E-state index contributed by atoms with van der Waals surface area (Å²) in [6.45, 7) is 11.2. The summed E-state index contributed by atoms with van der Waals surface area (Å²) in [7, 11) is 1.36. The number of rotatable bonds is 7. The Balaban J connectivity index is 2.20. The molecule has 1 heterocycles. The molecule has 0 unspecified atom stereocenters. The maximum Gasteiger partial charge on any atom is 0.337 e. The van der Waals surface area contributed by atoms with Crippen molar-refractivity contribution in [1.29, 1.82) is 0 Å². The Kier molecular flexibility index (Phi) is 7.45. The number of benzene rings is 1. The maximum atomic E-state index is 12.3. The van der Waals surface area contributed by atoms with Crippen molar-refractivity contribution in [1.82, 2.24) is 4.90 Å². The van der Waals surface area contributed by atoms with Crippen molar-refractivity contribution in [2.45, 2.75) is 33.6 Å². The summed E-state index contributed by atoms with van der Waals surface area (Å²) in [4.78, 5) is 28.9. The van der Waals surface area contributed by atoms with Crippen LogP contribution in [0.1, 0.15) is 44.0 Å². The van der Waals surface area contributed by atoms with Gasteiger partial charge in [0, 0.05) is 32.6 Å². The molecule has 0 bridgehead atoms. The number of carbonyl (C=O) groups excluding carboxylic acids is 2. The monoisotopic (exact) mass is 361 g/mol. The van der Waals surface area contributed by atoms with Crippen molar-refractivity contribution in [2.24, 2.45) is 5.92 Å². The van der Waals surface area contributed by atoms with Crippen LogP contribution in [0.25, 0.3) is 0 Å². The second-order valence-electron chi connectivity index (χ2n) is 7.13.